The summed E-state index contributed by atoms with van der Waals surface area (Å²) < 4.78 is 5.42. The fraction of sp³-hybridized carbons (Fsp3) is 0.412. The molecule has 1 saturated heterocycles. The van der Waals surface area contributed by atoms with Crippen molar-refractivity contribution >= 4 is 23.3 Å². The molecule has 0 unspecified atom stereocenters. The highest BCUT2D eigenvalue weighted by Gasteiger charge is 2.37. The highest BCUT2D eigenvalue weighted by Crippen LogP contribution is 2.30. The molecule has 1 aromatic carbocycles. The van der Waals surface area contributed by atoms with Crippen LogP contribution in [-0.2, 0) is 9.53 Å². The number of rotatable bonds is 6. The first-order valence-corrected chi connectivity index (χ1v) is 8.02. The molecule has 0 saturated carbocycles. The number of unbranched alkanes of at least 4 members (excludes halogenated alkanes) is 2. The van der Waals surface area contributed by atoms with Gasteiger partial charge in [0.05, 0.1) is 12.6 Å². The Morgan fingerprint density at radius 1 is 1.32 bits per heavy atom. The molecule has 1 heterocycles. The SMILES string of the molecule is C=C1NC(=S)N[C@@H](c2ccccc2)[C@H]1C(=O)OCCCCC. The highest BCUT2D eigenvalue weighted by atomic mass is 32.1. The van der Waals surface area contributed by atoms with Crippen LogP contribution in [-0.4, -0.2) is 17.7 Å². The summed E-state index contributed by atoms with van der Waals surface area (Å²) in [6.07, 6.45) is 3.04. The lowest BCUT2D eigenvalue weighted by molar-refractivity contribution is -0.148. The van der Waals surface area contributed by atoms with E-state index >= 15 is 0 Å². The van der Waals surface area contributed by atoms with Crippen LogP contribution < -0.4 is 10.6 Å². The largest absolute Gasteiger partial charge is 0.465 e. The standard InChI is InChI=1S/C17H22N2O2S/c1-3-4-8-11-21-16(20)14-12(2)18-17(22)19-15(14)13-9-6-5-7-10-13/h5-7,9-10,14-15H,2-4,8,11H2,1H3,(H2,18,19,22)/t14-,15-/m0/s1. The molecule has 0 aliphatic carbocycles. The van der Waals surface area contributed by atoms with Gasteiger partial charge in [-0.25, -0.2) is 0 Å². The normalized spacial score (nSPS) is 21.0. The van der Waals surface area contributed by atoms with E-state index in [9.17, 15) is 4.79 Å². The third kappa shape index (κ3) is 4.07. The summed E-state index contributed by atoms with van der Waals surface area (Å²) in [5.41, 5.74) is 1.57. The zero-order chi connectivity index (χ0) is 15.9. The Morgan fingerprint density at radius 3 is 2.73 bits per heavy atom. The number of nitrogens with one attached hydrogen (secondary N) is 2. The minimum absolute atomic E-state index is 0.249. The summed E-state index contributed by atoms with van der Waals surface area (Å²) in [6.45, 7) is 6.51. The second-order valence-corrected chi connectivity index (χ2v) is 5.77. The van der Waals surface area contributed by atoms with Gasteiger partial charge >= 0.3 is 5.97 Å². The zero-order valence-corrected chi connectivity index (χ0v) is 13.6. The van der Waals surface area contributed by atoms with Crippen molar-refractivity contribution in [1.82, 2.24) is 10.6 Å². The third-order valence-corrected chi connectivity index (χ3v) is 3.89. The van der Waals surface area contributed by atoms with E-state index in [-0.39, 0.29) is 12.0 Å². The molecule has 2 rings (SSSR count). The number of thiocarbonyl (C=S) groups is 1. The zero-order valence-electron chi connectivity index (χ0n) is 12.8. The van der Waals surface area contributed by atoms with Gasteiger partial charge in [0, 0.05) is 5.70 Å². The minimum atomic E-state index is -0.490. The van der Waals surface area contributed by atoms with Gasteiger partial charge in [-0.2, -0.15) is 0 Å². The molecule has 0 amide bonds. The lowest BCUT2D eigenvalue weighted by Crippen LogP contribution is -2.51. The summed E-state index contributed by atoms with van der Waals surface area (Å²) in [7, 11) is 0. The number of esters is 1. The summed E-state index contributed by atoms with van der Waals surface area (Å²) >= 11 is 5.19. The lowest BCUT2D eigenvalue weighted by atomic mass is 9.89. The topological polar surface area (TPSA) is 50.4 Å². The molecule has 118 valence electrons. The maximum Gasteiger partial charge on any atom is 0.317 e. The maximum absolute atomic E-state index is 12.5. The molecule has 1 aliphatic heterocycles. The van der Waals surface area contributed by atoms with E-state index in [0.717, 1.165) is 24.8 Å². The Bertz CT molecular complexity index is 545. The lowest BCUT2D eigenvalue weighted by Gasteiger charge is -2.34. The molecule has 4 nitrogen and oxygen atoms in total. The number of hydrogen-bond donors (Lipinski definition) is 2. The third-order valence-electron chi connectivity index (χ3n) is 3.67. The first-order valence-electron chi connectivity index (χ1n) is 7.61. The van der Waals surface area contributed by atoms with Crippen molar-refractivity contribution in [3.8, 4) is 0 Å². The Balaban J connectivity index is 2.12. The van der Waals surface area contributed by atoms with E-state index in [2.05, 4.69) is 24.1 Å². The van der Waals surface area contributed by atoms with Crippen LogP contribution in [0.5, 0.6) is 0 Å². The van der Waals surface area contributed by atoms with Gasteiger partial charge in [0.25, 0.3) is 0 Å². The van der Waals surface area contributed by atoms with Crippen LogP contribution in [0.4, 0.5) is 0 Å². The van der Waals surface area contributed by atoms with Crippen molar-refractivity contribution in [2.75, 3.05) is 6.61 Å². The average Bonchev–Trinajstić information content (AvgIpc) is 2.51. The number of benzene rings is 1. The van der Waals surface area contributed by atoms with Crippen LogP contribution in [0.2, 0.25) is 0 Å². The highest BCUT2D eigenvalue weighted by molar-refractivity contribution is 7.80. The summed E-state index contributed by atoms with van der Waals surface area (Å²) in [5.74, 6) is -0.756. The molecule has 0 bridgehead atoms. The molecule has 0 aromatic heterocycles. The Kier molecular flexibility index (Phi) is 5.95. The van der Waals surface area contributed by atoms with Crippen LogP contribution in [0.3, 0.4) is 0 Å². The van der Waals surface area contributed by atoms with E-state index in [1.54, 1.807) is 0 Å². The quantitative estimate of drug-likeness (QED) is 0.480. The van der Waals surface area contributed by atoms with Crippen molar-refractivity contribution in [2.24, 2.45) is 5.92 Å². The predicted octanol–water partition coefficient (Wildman–Crippen LogP) is 3.07. The second kappa shape index (κ2) is 7.94. The van der Waals surface area contributed by atoms with E-state index < -0.39 is 5.92 Å². The van der Waals surface area contributed by atoms with Crippen molar-refractivity contribution < 1.29 is 9.53 Å². The van der Waals surface area contributed by atoms with Gasteiger partial charge in [0.2, 0.25) is 0 Å². The number of carbonyl (C=O) groups excluding carboxylic acids is 1. The Labute approximate surface area is 136 Å². The summed E-state index contributed by atoms with van der Waals surface area (Å²) in [5, 5.41) is 6.57. The van der Waals surface area contributed by atoms with Gasteiger partial charge in [0.15, 0.2) is 5.11 Å². The molecule has 1 aliphatic rings. The fourth-order valence-corrected chi connectivity index (χ4v) is 2.77. The smallest absolute Gasteiger partial charge is 0.317 e. The van der Waals surface area contributed by atoms with Crippen LogP contribution in [0, 0.1) is 5.92 Å². The van der Waals surface area contributed by atoms with Crippen LogP contribution in [0.15, 0.2) is 42.6 Å². The van der Waals surface area contributed by atoms with Gasteiger partial charge in [-0.3, -0.25) is 4.79 Å². The van der Waals surface area contributed by atoms with E-state index in [1.807, 2.05) is 30.3 Å². The Morgan fingerprint density at radius 2 is 2.05 bits per heavy atom. The molecule has 1 fully saturated rings. The van der Waals surface area contributed by atoms with Gasteiger partial charge in [-0.1, -0.05) is 56.7 Å². The molecule has 22 heavy (non-hydrogen) atoms. The van der Waals surface area contributed by atoms with E-state index in [1.165, 1.54) is 0 Å². The molecular formula is C17H22N2O2S. The molecule has 0 spiro atoms. The van der Waals surface area contributed by atoms with E-state index in [0.29, 0.717) is 17.4 Å². The molecule has 5 heteroatoms. The average molecular weight is 318 g/mol. The van der Waals surface area contributed by atoms with Gasteiger partial charge in [-0.05, 0) is 24.2 Å². The molecule has 1 aromatic rings. The molecular weight excluding hydrogens is 296 g/mol. The van der Waals surface area contributed by atoms with E-state index in [4.69, 9.17) is 17.0 Å². The maximum atomic E-state index is 12.5. The fourth-order valence-electron chi connectivity index (χ4n) is 2.51. The monoisotopic (exact) mass is 318 g/mol. The van der Waals surface area contributed by atoms with Gasteiger partial charge in [0.1, 0.15) is 5.92 Å². The minimum Gasteiger partial charge on any atom is -0.465 e. The Hall–Kier alpha value is -1.88. The summed E-state index contributed by atoms with van der Waals surface area (Å²) in [4.78, 5) is 12.5. The van der Waals surface area contributed by atoms with Crippen LogP contribution >= 0.6 is 12.2 Å². The van der Waals surface area contributed by atoms with Crippen molar-refractivity contribution in [3.05, 3.63) is 48.2 Å². The molecule has 2 N–H and O–H groups in total. The van der Waals surface area contributed by atoms with Crippen molar-refractivity contribution in [2.45, 2.75) is 32.2 Å². The van der Waals surface area contributed by atoms with Crippen molar-refractivity contribution in [1.29, 1.82) is 0 Å². The first-order chi connectivity index (χ1) is 10.6. The number of carbonyl (C=O) groups is 1. The van der Waals surface area contributed by atoms with Crippen LogP contribution in [0.25, 0.3) is 0 Å². The predicted molar refractivity (Wildman–Crippen MR) is 91.2 cm³/mol. The molecule has 0 radical (unpaired) electrons. The molecule has 2 atom stereocenters. The first kappa shape index (κ1) is 16.5. The van der Waals surface area contributed by atoms with Gasteiger partial charge < -0.3 is 15.4 Å². The van der Waals surface area contributed by atoms with Crippen LogP contribution in [0.1, 0.15) is 37.8 Å². The number of ether oxygens (including phenoxy) is 1. The number of hydrogen-bond acceptors (Lipinski definition) is 3. The second-order valence-electron chi connectivity index (χ2n) is 5.36. The van der Waals surface area contributed by atoms with Gasteiger partial charge in [-0.15, -0.1) is 0 Å². The van der Waals surface area contributed by atoms with Crippen molar-refractivity contribution in [3.63, 3.8) is 0 Å². The summed E-state index contributed by atoms with van der Waals surface area (Å²) in [6, 6.07) is 9.51.